The van der Waals surface area contributed by atoms with Gasteiger partial charge >= 0.3 is 0 Å². The Morgan fingerprint density at radius 3 is 3.00 bits per heavy atom. The summed E-state index contributed by atoms with van der Waals surface area (Å²) in [4.78, 5) is 12.5. The lowest BCUT2D eigenvalue weighted by molar-refractivity contribution is -0.166. The van der Waals surface area contributed by atoms with Gasteiger partial charge in [0.2, 0.25) is 0 Å². The van der Waals surface area contributed by atoms with Crippen molar-refractivity contribution in [2.24, 2.45) is 0 Å². The standard InChI is InChI=1S/C16H16INO4/c17-11-7-1-2-8(19)12-10(7)15-5-6-18-13(11)16(15,21)4-3-9(20)14(15)22-12/h1-2,11,13-14,18-19,21H,3-6H2/t11?,13-,14+,15+,16?/m1/s1. The number of alkyl halides is 1. The Morgan fingerprint density at radius 1 is 1.36 bits per heavy atom. The normalized spacial score (nSPS) is 44.5. The minimum absolute atomic E-state index is 0.0405. The zero-order valence-corrected chi connectivity index (χ0v) is 14.0. The number of phenols is 1. The number of hydrogen-bond donors (Lipinski definition) is 3. The van der Waals surface area contributed by atoms with Crippen LogP contribution in [0.1, 0.15) is 34.3 Å². The number of ether oxygens (including phenoxy) is 1. The molecule has 4 aliphatic rings. The second kappa shape index (κ2) is 3.96. The topological polar surface area (TPSA) is 78.8 Å². The number of benzene rings is 1. The Kier molecular flexibility index (Phi) is 2.44. The van der Waals surface area contributed by atoms with Gasteiger partial charge in [-0.15, -0.1) is 0 Å². The van der Waals surface area contributed by atoms with Gasteiger partial charge in [0, 0.05) is 12.0 Å². The van der Waals surface area contributed by atoms with E-state index in [0.29, 0.717) is 25.0 Å². The average molecular weight is 413 g/mol. The molecule has 2 aliphatic carbocycles. The number of carbonyl (C=O) groups is 1. The van der Waals surface area contributed by atoms with E-state index < -0.39 is 17.1 Å². The Hall–Kier alpha value is -0.860. The smallest absolute Gasteiger partial charge is 0.174 e. The lowest BCUT2D eigenvalue weighted by Gasteiger charge is -2.60. The number of carbonyl (C=O) groups excluding carboxylic acids is 1. The predicted molar refractivity (Wildman–Crippen MR) is 86.6 cm³/mol. The van der Waals surface area contributed by atoms with Gasteiger partial charge in [-0.05, 0) is 31.0 Å². The number of ketones is 1. The zero-order valence-electron chi connectivity index (χ0n) is 11.8. The molecule has 22 heavy (non-hydrogen) atoms. The molecule has 2 unspecified atom stereocenters. The second-order valence-corrected chi connectivity index (χ2v) is 8.16. The molecule has 1 spiro atoms. The fraction of sp³-hybridized carbons (Fsp3) is 0.562. The number of piperidine rings is 1. The Labute approximate surface area is 141 Å². The van der Waals surface area contributed by atoms with E-state index in [-0.39, 0.29) is 21.5 Å². The summed E-state index contributed by atoms with van der Waals surface area (Å²) in [6.45, 7) is 0.744. The van der Waals surface area contributed by atoms with Crippen LogP contribution in [0.2, 0.25) is 0 Å². The number of phenolic OH excluding ortho intramolecular Hbond substituents is 1. The molecule has 5 nitrogen and oxygen atoms in total. The molecule has 1 saturated carbocycles. The van der Waals surface area contributed by atoms with Crippen LogP contribution in [0.3, 0.4) is 0 Å². The first-order valence-electron chi connectivity index (χ1n) is 7.66. The van der Waals surface area contributed by atoms with Crippen LogP contribution in [0.25, 0.3) is 0 Å². The van der Waals surface area contributed by atoms with Crippen LogP contribution in [0, 0.1) is 0 Å². The molecule has 1 aromatic rings. The summed E-state index contributed by atoms with van der Waals surface area (Å²) < 4.78 is 6.03. The number of rotatable bonds is 0. The van der Waals surface area contributed by atoms with Crippen molar-refractivity contribution in [2.45, 2.75) is 46.3 Å². The predicted octanol–water partition coefficient (Wildman–Crippen LogP) is 1.34. The molecule has 0 amide bonds. The number of nitrogens with one attached hydrogen (secondary N) is 1. The maximum Gasteiger partial charge on any atom is 0.174 e. The minimum Gasteiger partial charge on any atom is -0.504 e. The van der Waals surface area contributed by atoms with Gasteiger partial charge in [0.05, 0.1) is 21.0 Å². The second-order valence-electron chi connectivity index (χ2n) is 6.82. The molecule has 5 rings (SSSR count). The van der Waals surface area contributed by atoms with E-state index in [2.05, 4.69) is 27.9 Å². The van der Waals surface area contributed by atoms with Crippen molar-refractivity contribution < 1.29 is 19.7 Å². The highest BCUT2D eigenvalue weighted by molar-refractivity contribution is 14.1. The monoisotopic (exact) mass is 413 g/mol. The van der Waals surface area contributed by atoms with Crippen molar-refractivity contribution in [3.05, 3.63) is 23.3 Å². The van der Waals surface area contributed by atoms with Gasteiger partial charge in [-0.2, -0.15) is 0 Å². The molecular formula is C16H16INO4. The van der Waals surface area contributed by atoms with Crippen LogP contribution in [0.5, 0.6) is 11.5 Å². The van der Waals surface area contributed by atoms with Gasteiger partial charge in [-0.25, -0.2) is 0 Å². The molecule has 5 atom stereocenters. The highest BCUT2D eigenvalue weighted by Gasteiger charge is 2.73. The highest BCUT2D eigenvalue weighted by atomic mass is 127. The van der Waals surface area contributed by atoms with Crippen LogP contribution in [0.15, 0.2) is 12.1 Å². The summed E-state index contributed by atoms with van der Waals surface area (Å²) in [5, 5.41) is 25.3. The van der Waals surface area contributed by atoms with Crippen LogP contribution in [-0.2, 0) is 10.2 Å². The van der Waals surface area contributed by atoms with Gasteiger partial charge in [-0.1, -0.05) is 28.7 Å². The van der Waals surface area contributed by atoms with Gasteiger partial charge in [0.25, 0.3) is 0 Å². The van der Waals surface area contributed by atoms with Crippen molar-refractivity contribution in [3.63, 3.8) is 0 Å². The summed E-state index contributed by atoms with van der Waals surface area (Å²) in [7, 11) is 0. The van der Waals surface area contributed by atoms with Gasteiger partial charge in [0.15, 0.2) is 23.4 Å². The van der Waals surface area contributed by atoms with Gasteiger partial charge in [-0.3, -0.25) is 4.79 Å². The first-order chi connectivity index (χ1) is 10.5. The van der Waals surface area contributed by atoms with Gasteiger partial charge < -0.3 is 20.3 Å². The number of aliphatic hydroxyl groups is 1. The summed E-state index contributed by atoms with van der Waals surface area (Å²) in [6, 6.07) is 3.46. The Bertz CT molecular complexity index is 722. The molecule has 2 aliphatic heterocycles. The van der Waals surface area contributed by atoms with Crippen LogP contribution in [-0.4, -0.2) is 40.3 Å². The third-order valence-electron chi connectivity index (χ3n) is 6.10. The van der Waals surface area contributed by atoms with Crippen LogP contribution >= 0.6 is 22.6 Å². The maximum absolute atomic E-state index is 12.5. The van der Waals surface area contributed by atoms with Crippen LogP contribution < -0.4 is 10.1 Å². The SMILES string of the molecule is O=C1CCC2(O)[C@@H]3NCC[C@@]24c2c(ccc(O)c2O[C@@H]14)C3I. The quantitative estimate of drug-likeness (QED) is 0.442. The van der Waals surface area contributed by atoms with E-state index in [0.717, 1.165) is 17.7 Å². The first kappa shape index (κ1) is 13.6. The Balaban J connectivity index is 1.91. The van der Waals surface area contributed by atoms with E-state index in [1.807, 2.05) is 6.07 Å². The van der Waals surface area contributed by atoms with E-state index in [4.69, 9.17) is 4.74 Å². The van der Waals surface area contributed by atoms with E-state index >= 15 is 0 Å². The average Bonchev–Trinajstić information content (AvgIpc) is 2.84. The number of halogens is 1. The molecule has 6 heteroatoms. The van der Waals surface area contributed by atoms with E-state index in [9.17, 15) is 15.0 Å². The summed E-state index contributed by atoms with van der Waals surface area (Å²) in [6.07, 6.45) is 0.775. The number of hydrogen-bond acceptors (Lipinski definition) is 5. The zero-order chi connectivity index (χ0) is 15.3. The number of Topliss-reactive ketones (excluding diaryl/α,β-unsaturated/α-hetero) is 1. The molecule has 116 valence electrons. The largest absolute Gasteiger partial charge is 0.504 e. The molecule has 0 radical (unpaired) electrons. The van der Waals surface area contributed by atoms with Crippen LogP contribution in [0.4, 0.5) is 0 Å². The fourth-order valence-corrected chi connectivity index (χ4v) is 6.59. The van der Waals surface area contributed by atoms with E-state index in [1.54, 1.807) is 6.07 Å². The van der Waals surface area contributed by atoms with Crippen molar-refractivity contribution in [2.75, 3.05) is 6.54 Å². The molecule has 1 saturated heterocycles. The van der Waals surface area contributed by atoms with Crippen molar-refractivity contribution in [3.8, 4) is 11.5 Å². The Morgan fingerprint density at radius 2 is 2.18 bits per heavy atom. The maximum atomic E-state index is 12.5. The summed E-state index contributed by atoms with van der Waals surface area (Å²) in [5.41, 5.74) is 0.253. The highest BCUT2D eigenvalue weighted by Crippen LogP contribution is 2.66. The van der Waals surface area contributed by atoms with Crippen molar-refractivity contribution in [1.82, 2.24) is 5.32 Å². The first-order valence-corrected chi connectivity index (χ1v) is 8.91. The third-order valence-corrected chi connectivity index (χ3v) is 7.49. The lowest BCUT2D eigenvalue weighted by atomic mass is 9.49. The van der Waals surface area contributed by atoms with E-state index in [1.165, 1.54) is 0 Å². The molecule has 0 aromatic heterocycles. The van der Waals surface area contributed by atoms with Gasteiger partial charge in [0.1, 0.15) is 0 Å². The van der Waals surface area contributed by atoms with Crippen molar-refractivity contribution in [1.29, 1.82) is 0 Å². The minimum atomic E-state index is -0.998. The summed E-state index contributed by atoms with van der Waals surface area (Å²) in [5.74, 6) is 0.523. The molecular weight excluding hydrogens is 397 g/mol. The molecule has 2 bridgehead atoms. The number of aromatic hydroxyl groups is 1. The van der Waals surface area contributed by atoms with Crippen molar-refractivity contribution >= 4 is 28.4 Å². The molecule has 3 N–H and O–H groups in total. The summed E-state index contributed by atoms with van der Waals surface area (Å²) >= 11 is 2.36. The molecule has 2 heterocycles. The third kappa shape index (κ3) is 1.21. The fourth-order valence-electron chi connectivity index (χ4n) is 5.22. The molecule has 1 aromatic carbocycles. The lowest BCUT2D eigenvalue weighted by Crippen LogP contribution is -2.76. The molecule has 2 fully saturated rings.